The van der Waals surface area contributed by atoms with Gasteiger partial charge < -0.3 is 25.5 Å². The lowest BCUT2D eigenvalue weighted by atomic mass is 10.0. The molecule has 4 unspecified atom stereocenters. The van der Waals surface area contributed by atoms with Gasteiger partial charge in [-0.25, -0.2) is 19.1 Å². The first-order valence-corrected chi connectivity index (χ1v) is 13.9. The van der Waals surface area contributed by atoms with Crippen LogP contribution in [-0.4, -0.2) is 47.8 Å². The number of hydrogen-bond donors (Lipinski definition) is 6. The average molecular weight is 513 g/mol. The van der Waals surface area contributed by atoms with Gasteiger partial charge in [0.2, 0.25) is 0 Å². The monoisotopic (exact) mass is 513 g/mol. The second-order valence-corrected chi connectivity index (χ2v) is 11.7. The number of aliphatic hydroxyl groups excluding tert-OH is 1. The molecule has 2 heterocycles. The highest BCUT2D eigenvalue weighted by molar-refractivity contribution is 8.03. The predicted molar refractivity (Wildman–Crippen MR) is 119 cm³/mol. The molecule has 0 fully saturated rings. The first-order chi connectivity index (χ1) is 14.7. The quantitative estimate of drug-likeness (QED) is 0.231. The second-order valence-electron chi connectivity index (χ2n) is 7.62. The van der Waals surface area contributed by atoms with Gasteiger partial charge in [-0.3, -0.25) is 9.42 Å². The van der Waals surface area contributed by atoms with E-state index in [2.05, 4.69) is 14.3 Å². The van der Waals surface area contributed by atoms with Crippen molar-refractivity contribution in [1.82, 2.24) is 9.97 Å². The first kappa shape index (κ1) is 27.4. The summed E-state index contributed by atoms with van der Waals surface area (Å²) in [6.07, 6.45) is 2.01. The van der Waals surface area contributed by atoms with Gasteiger partial charge in [0.25, 0.3) is 0 Å². The molecule has 0 saturated carbocycles. The van der Waals surface area contributed by atoms with Crippen LogP contribution in [0.3, 0.4) is 0 Å². The number of quaternary nitrogens is 1. The van der Waals surface area contributed by atoms with Gasteiger partial charge in [0.1, 0.15) is 30.0 Å². The zero-order valence-electron chi connectivity index (χ0n) is 18.3. The summed E-state index contributed by atoms with van der Waals surface area (Å²) in [4.78, 5) is 37.1. The summed E-state index contributed by atoms with van der Waals surface area (Å²) in [7, 11) is -10.1. The third-order valence-electron chi connectivity index (χ3n) is 5.24. The van der Waals surface area contributed by atoms with Crippen molar-refractivity contribution < 1.29 is 42.7 Å². The number of anilines is 1. The minimum atomic E-state index is -5.18. The molecule has 15 heteroatoms. The van der Waals surface area contributed by atoms with E-state index >= 15 is 0 Å². The van der Waals surface area contributed by atoms with Gasteiger partial charge in [-0.15, -0.1) is 0 Å². The third kappa shape index (κ3) is 7.59. The molecule has 0 saturated heterocycles. The van der Waals surface area contributed by atoms with Crippen molar-refractivity contribution >= 4 is 33.2 Å². The van der Waals surface area contributed by atoms with E-state index in [0.717, 1.165) is 27.5 Å². The molecule has 12 nitrogen and oxygen atoms in total. The number of allylic oxidation sites excluding steroid dienone is 1. The molecule has 0 amide bonds. The molecule has 2 rings (SSSR count). The maximum Gasteiger partial charge on any atom is 0.481 e. The second kappa shape index (κ2) is 11.1. The van der Waals surface area contributed by atoms with Gasteiger partial charge in [-0.05, 0) is 12.8 Å². The molecule has 0 aliphatic carbocycles. The van der Waals surface area contributed by atoms with E-state index in [-0.39, 0.29) is 24.3 Å². The van der Waals surface area contributed by atoms with Crippen LogP contribution in [0.25, 0.3) is 0 Å². The number of rotatable bonds is 11. The topological polar surface area (TPSA) is 190 Å². The zero-order valence-corrected chi connectivity index (χ0v) is 20.9. The molecular formula is C17H31N4O8P2S+. The molecule has 1 aliphatic rings. The summed E-state index contributed by atoms with van der Waals surface area (Å²) in [5.41, 5.74) is 7.69. The number of aryl methyl sites for hydroxylation is 1. The van der Waals surface area contributed by atoms with Crippen LogP contribution >= 0.6 is 27.4 Å². The highest BCUT2D eigenvalue weighted by Gasteiger charge is 2.42. The minimum Gasteiger partial charge on any atom is -0.386 e. The van der Waals surface area contributed by atoms with E-state index in [1.54, 1.807) is 13.1 Å². The molecule has 7 N–H and O–H groups in total. The lowest BCUT2D eigenvalue weighted by Crippen LogP contribution is -3.12. The van der Waals surface area contributed by atoms with E-state index in [1.807, 2.05) is 20.8 Å². The Hall–Kier alpha value is -0.850. The lowest BCUT2D eigenvalue weighted by Gasteiger charge is -2.29. The number of aromatic nitrogens is 2. The van der Waals surface area contributed by atoms with Gasteiger partial charge in [-0.1, -0.05) is 32.0 Å². The molecule has 5 atom stereocenters. The van der Waals surface area contributed by atoms with E-state index in [9.17, 15) is 19.1 Å². The predicted octanol–water partition coefficient (Wildman–Crippen LogP) is 1.08. The van der Waals surface area contributed by atoms with Gasteiger partial charge in [0.05, 0.1) is 12.2 Å². The van der Waals surface area contributed by atoms with Crippen LogP contribution in [0.15, 0.2) is 16.8 Å². The Morgan fingerprint density at radius 2 is 1.97 bits per heavy atom. The maximum atomic E-state index is 11.7. The number of phosphoric acid groups is 2. The first-order valence-electron chi connectivity index (χ1n) is 9.96. The van der Waals surface area contributed by atoms with Crippen LogP contribution in [0, 0.1) is 12.8 Å². The Bertz CT molecular complexity index is 943. The molecule has 182 valence electrons. The highest BCUT2D eigenvalue weighted by atomic mass is 32.2. The Morgan fingerprint density at radius 3 is 2.53 bits per heavy atom. The number of aliphatic hydroxyl groups is 1. The van der Waals surface area contributed by atoms with Crippen LogP contribution in [0.2, 0.25) is 0 Å². The van der Waals surface area contributed by atoms with Crippen LogP contribution in [-0.2, 0) is 24.5 Å². The summed E-state index contributed by atoms with van der Waals surface area (Å²) in [5.74, 6) is 0.961. The molecule has 32 heavy (non-hydrogen) atoms. The van der Waals surface area contributed by atoms with E-state index < -0.39 is 21.7 Å². The fourth-order valence-corrected chi connectivity index (χ4v) is 6.48. The molecule has 0 aromatic carbocycles. The van der Waals surface area contributed by atoms with E-state index in [0.29, 0.717) is 18.2 Å². The van der Waals surface area contributed by atoms with Crippen LogP contribution < -0.4 is 10.6 Å². The number of phosphoric ester groups is 1. The van der Waals surface area contributed by atoms with Gasteiger partial charge in [0.15, 0.2) is 5.37 Å². The lowest BCUT2D eigenvalue weighted by molar-refractivity contribution is -0.887. The van der Waals surface area contributed by atoms with Crippen molar-refractivity contribution in [3.05, 3.63) is 28.2 Å². The average Bonchev–Trinajstić information content (AvgIpc) is 2.96. The van der Waals surface area contributed by atoms with Gasteiger partial charge in [0, 0.05) is 24.4 Å². The van der Waals surface area contributed by atoms with E-state index in [1.165, 1.54) is 11.8 Å². The van der Waals surface area contributed by atoms with Crippen molar-refractivity contribution in [2.75, 3.05) is 12.3 Å². The summed E-state index contributed by atoms with van der Waals surface area (Å²) in [5, 5.41) is 10.7. The Labute approximate surface area is 191 Å². The third-order valence-corrected chi connectivity index (χ3v) is 9.04. The Balaban J connectivity index is 2.19. The summed E-state index contributed by atoms with van der Waals surface area (Å²) in [6.45, 7) is 7.72. The van der Waals surface area contributed by atoms with Crippen molar-refractivity contribution in [3.63, 3.8) is 0 Å². The highest BCUT2D eigenvalue weighted by Crippen LogP contribution is 2.57. The molecule has 0 radical (unpaired) electrons. The fourth-order valence-electron chi connectivity index (χ4n) is 3.27. The van der Waals surface area contributed by atoms with Crippen molar-refractivity contribution in [1.29, 1.82) is 0 Å². The number of nitrogens with zero attached hydrogens (tertiary/aromatic N) is 2. The molecule has 0 bridgehead atoms. The standard InChI is InChI=1S/C17H30N4O8P2S/c1-5-10(2)15(22)17-21(9-13-8-19-12(4)20-16(13)18)11(3)14(32-17)6-7-28-31(26,27)29-30(23,24)25/h8,10,15,17,22H,5-7,9H2,1-4H3,(H,26,27)(H2,18,19,20)(H2,23,24,25)/p+1/t10-,15?,17?/m0/s1. The van der Waals surface area contributed by atoms with Crippen LogP contribution in [0.5, 0.6) is 0 Å². The number of nitrogens with one attached hydrogen (secondary N) is 1. The van der Waals surface area contributed by atoms with Crippen molar-refractivity contribution in [3.8, 4) is 0 Å². The molecule has 1 aromatic heterocycles. The van der Waals surface area contributed by atoms with Gasteiger partial charge >= 0.3 is 15.6 Å². The fraction of sp³-hybridized carbons (Fsp3) is 0.647. The Morgan fingerprint density at radius 1 is 1.31 bits per heavy atom. The van der Waals surface area contributed by atoms with Crippen LogP contribution in [0.1, 0.15) is 45.0 Å². The molecule has 1 aliphatic heterocycles. The number of thioether (sulfide) groups is 1. The van der Waals surface area contributed by atoms with Crippen molar-refractivity contribution in [2.24, 2.45) is 5.92 Å². The molecule has 0 spiro atoms. The van der Waals surface area contributed by atoms with E-state index in [4.69, 9.17) is 20.0 Å². The molecule has 1 aromatic rings. The normalized spacial score (nSPS) is 23.2. The minimum absolute atomic E-state index is 0.0341. The smallest absolute Gasteiger partial charge is 0.386 e. The van der Waals surface area contributed by atoms with Crippen molar-refractivity contribution in [2.45, 2.75) is 58.6 Å². The number of nitrogen functional groups attached to an aromatic ring is 1. The zero-order chi connectivity index (χ0) is 24.3. The van der Waals surface area contributed by atoms with Crippen LogP contribution in [0.4, 0.5) is 5.82 Å². The maximum absolute atomic E-state index is 11.7. The Kier molecular flexibility index (Phi) is 9.46. The molecular weight excluding hydrogens is 482 g/mol. The van der Waals surface area contributed by atoms with Gasteiger partial charge in [-0.2, -0.15) is 4.31 Å². The summed E-state index contributed by atoms with van der Waals surface area (Å²) in [6, 6.07) is 0. The number of hydrogen-bond acceptors (Lipinski definition) is 9. The number of nitrogens with two attached hydrogens (primary N) is 1. The summed E-state index contributed by atoms with van der Waals surface area (Å²) < 4.78 is 31.0. The summed E-state index contributed by atoms with van der Waals surface area (Å²) >= 11 is 1.44. The largest absolute Gasteiger partial charge is 0.481 e. The SMILES string of the molecule is CC[C@H](C)C(O)C1SC(CCOP(=O)(O)OP(=O)(O)O)=C(C)[NH+]1Cc1cnc(C)nc1N.